The molecule has 136 valence electrons. The SMILES string of the molecule is O=C(OCc1ccccc1Cl)c1ccc(N2CCOCC2)c([N+](=O)[O-])c1. The van der Waals surface area contributed by atoms with Crippen LogP contribution in [0.25, 0.3) is 0 Å². The molecule has 0 N–H and O–H groups in total. The molecule has 3 rings (SSSR count). The van der Waals surface area contributed by atoms with Crippen LogP contribution < -0.4 is 4.90 Å². The first-order valence-corrected chi connectivity index (χ1v) is 8.45. The lowest BCUT2D eigenvalue weighted by atomic mass is 10.1. The number of halogens is 1. The van der Waals surface area contributed by atoms with Gasteiger partial charge in [-0.05, 0) is 18.2 Å². The zero-order valence-electron chi connectivity index (χ0n) is 13.9. The third-order valence-corrected chi connectivity index (χ3v) is 4.44. The molecule has 7 nitrogen and oxygen atoms in total. The van der Waals surface area contributed by atoms with Crippen molar-refractivity contribution in [1.82, 2.24) is 0 Å². The predicted molar refractivity (Wildman–Crippen MR) is 96.7 cm³/mol. The standard InChI is InChI=1S/C18H17ClN2O5/c19-15-4-2-1-3-14(15)12-26-18(22)13-5-6-16(17(11-13)21(23)24)20-7-9-25-10-8-20/h1-6,11H,7-10,12H2. The smallest absolute Gasteiger partial charge is 0.338 e. The van der Waals surface area contributed by atoms with Gasteiger partial charge in [-0.15, -0.1) is 0 Å². The van der Waals surface area contributed by atoms with Gasteiger partial charge in [0.1, 0.15) is 12.3 Å². The Morgan fingerprint density at radius 1 is 1.23 bits per heavy atom. The molecule has 0 bridgehead atoms. The van der Waals surface area contributed by atoms with Crippen LogP contribution >= 0.6 is 11.6 Å². The Balaban J connectivity index is 1.77. The summed E-state index contributed by atoms with van der Waals surface area (Å²) in [6.45, 7) is 2.16. The lowest BCUT2D eigenvalue weighted by Crippen LogP contribution is -2.36. The molecule has 0 saturated carbocycles. The monoisotopic (exact) mass is 376 g/mol. The summed E-state index contributed by atoms with van der Waals surface area (Å²) in [6, 6.07) is 11.4. The third kappa shape index (κ3) is 4.12. The third-order valence-electron chi connectivity index (χ3n) is 4.08. The number of nitrogens with zero attached hydrogens (tertiary/aromatic N) is 2. The number of esters is 1. The van der Waals surface area contributed by atoms with Crippen LogP contribution in [0.5, 0.6) is 0 Å². The van der Waals surface area contributed by atoms with Gasteiger partial charge in [0.05, 0.1) is 23.7 Å². The van der Waals surface area contributed by atoms with Crippen molar-refractivity contribution in [2.45, 2.75) is 6.61 Å². The number of nitro benzene ring substituents is 1. The van der Waals surface area contributed by atoms with Gasteiger partial charge in [0.25, 0.3) is 5.69 Å². The average Bonchev–Trinajstić information content (AvgIpc) is 2.67. The largest absolute Gasteiger partial charge is 0.457 e. The van der Waals surface area contributed by atoms with Gasteiger partial charge in [-0.2, -0.15) is 0 Å². The minimum absolute atomic E-state index is 0.00246. The van der Waals surface area contributed by atoms with Crippen LogP contribution in [0.3, 0.4) is 0 Å². The fourth-order valence-corrected chi connectivity index (χ4v) is 2.90. The van der Waals surface area contributed by atoms with Gasteiger partial charge in [-0.1, -0.05) is 29.8 Å². The van der Waals surface area contributed by atoms with Crippen LogP contribution in [-0.4, -0.2) is 37.2 Å². The van der Waals surface area contributed by atoms with Gasteiger partial charge >= 0.3 is 5.97 Å². The van der Waals surface area contributed by atoms with Crippen molar-refractivity contribution in [3.8, 4) is 0 Å². The number of morpholine rings is 1. The number of carbonyl (C=O) groups is 1. The van der Waals surface area contributed by atoms with Crippen LogP contribution in [-0.2, 0) is 16.1 Å². The molecule has 8 heteroatoms. The second-order valence-corrected chi connectivity index (χ2v) is 6.13. The van der Waals surface area contributed by atoms with Crippen LogP contribution in [0.15, 0.2) is 42.5 Å². The van der Waals surface area contributed by atoms with E-state index in [-0.39, 0.29) is 17.9 Å². The predicted octanol–water partition coefficient (Wildman–Crippen LogP) is 3.44. The summed E-state index contributed by atoms with van der Waals surface area (Å²) < 4.78 is 10.5. The second kappa shape index (κ2) is 8.16. The van der Waals surface area contributed by atoms with E-state index >= 15 is 0 Å². The summed E-state index contributed by atoms with van der Waals surface area (Å²) in [5.74, 6) is -0.637. The first-order valence-electron chi connectivity index (χ1n) is 8.08. The maximum absolute atomic E-state index is 12.3. The first kappa shape index (κ1) is 18.2. The average molecular weight is 377 g/mol. The molecule has 0 amide bonds. The van der Waals surface area contributed by atoms with E-state index in [0.29, 0.717) is 42.6 Å². The summed E-state index contributed by atoms with van der Waals surface area (Å²) in [6.07, 6.45) is 0. The zero-order chi connectivity index (χ0) is 18.5. The minimum atomic E-state index is -0.637. The Morgan fingerprint density at radius 2 is 1.96 bits per heavy atom. The lowest BCUT2D eigenvalue weighted by molar-refractivity contribution is -0.384. The molecule has 1 aliphatic rings. The molecule has 0 unspecified atom stereocenters. The van der Waals surface area contributed by atoms with Gasteiger partial charge in [-0.3, -0.25) is 10.1 Å². The Kier molecular flexibility index (Phi) is 5.70. The number of carbonyl (C=O) groups excluding carboxylic acids is 1. The van der Waals surface area contributed by atoms with Crippen molar-refractivity contribution in [2.24, 2.45) is 0 Å². The number of rotatable bonds is 5. The Labute approximate surface area is 155 Å². The molecule has 1 saturated heterocycles. The maximum Gasteiger partial charge on any atom is 0.338 e. The number of benzene rings is 2. The molecule has 2 aromatic rings. The Morgan fingerprint density at radius 3 is 2.65 bits per heavy atom. The van der Waals surface area contributed by atoms with E-state index < -0.39 is 10.9 Å². The van der Waals surface area contributed by atoms with Crippen molar-refractivity contribution in [1.29, 1.82) is 0 Å². The quantitative estimate of drug-likeness (QED) is 0.451. The molecule has 2 aromatic carbocycles. The molecular formula is C18H17ClN2O5. The fourth-order valence-electron chi connectivity index (χ4n) is 2.71. The first-order chi connectivity index (χ1) is 12.6. The number of anilines is 1. The summed E-state index contributed by atoms with van der Waals surface area (Å²) in [5, 5.41) is 11.9. The topological polar surface area (TPSA) is 81.9 Å². The molecule has 0 atom stereocenters. The Bertz CT molecular complexity index is 821. The van der Waals surface area contributed by atoms with Crippen molar-refractivity contribution < 1.29 is 19.2 Å². The number of hydrogen-bond donors (Lipinski definition) is 0. The molecule has 0 aliphatic carbocycles. The molecule has 0 radical (unpaired) electrons. The Hall–Kier alpha value is -2.64. The molecule has 1 fully saturated rings. The van der Waals surface area contributed by atoms with E-state index in [4.69, 9.17) is 21.1 Å². The van der Waals surface area contributed by atoms with E-state index in [1.165, 1.54) is 12.1 Å². The highest BCUT2D eigenvalue weighted by Gasteiger charge is 2.23. The van der Waals surface area contributed by atoms with E-state index in [9.17, 15) is 14.9 Å². The van der Waals surface area contributed by atoms with Gasteiger partial charge < -0.3 is 14.4 Å². The van der Waals surface area contributed by atoms with Crippen LogP contribution in [0, 0.1) is 10.1 Å². The van der Waals surface area contributed by atoms with E-state index in [1.807, 2.05) is 4.90 Å². The van der Waals surface area contributed by atoms with Gasteiger partial charge in [0, 0.05) is 29.7 Å². The van der Waals surface area contributed by atoms with Gasteiger partial charge in [0.2, 0.25) is 0 Å². The lowest BCUT2D eigenvalue weighted by Gasteiger charge is -2.28. The molecule has 0 spiro atoms. The summed E-state index contributed by atoms with van der Waals surface area (Å²) in [4.78, 5) is 25.1. The van der Waals surface area contributed by atoms with E-state index in [2.05, 4.69) is 0 Å². The molecule has 1 heterocycles. The maximum atomic E-state index is 12.3. The van der Waals surface area contributed by atoms with Crippen molar-refractivity contribution in [3.05, 3.63) is 68.7 Å². The number of hydrogen-bond acceptors (Lipinski definition) is 6. The summed E-state index contributed by atoms with van der Waals surface area (Å²) >= 11 is 6.03. The van der Waals surface area contributed by atoms with Crippen molar-refractivity contribution in [2.75, 3.05) is 31.2 Å². The normalized spacial score (nSPS) is 14.1. The van der Waals surface area contributed by atoms with Gasteiger partial charge in [-0.25, -0.2) is 4.79 Å². The van der Waals surface area contributed by atoms with Gasteiger partial charge in [0.15, 0.2) is 0 Å². The van der Waals surface area contributed by atoms with E-state index in [0.717, 1.165) is 0 Å². The summed E-state index contributed by atoms with van der Waals surface area (Å²) in [5.41, 5.74) is 1.14. The molecule has 26 heavy (non-hydrogen) atoms. The number of ether oxygens (including phenoxy) is 2. The number of nitro groups is 1. The van der Waals surface area contributed by atoms with Crippen LogP contribution in [0.4, 0.5) is 11.4 Å². The second-order valence-electron chi connectivity index (χ2n) is 5.73. The highest BCUT2D eigenvalue weighted by atomic mass is 35.5. The van der Waals surface area contributed by atoms with Crippen molar-refractivity contribution >= 4 is 28.9 Å². The highest BCUT2D eigenvalue weighted by molar-refractivity contribution is 6.31. The van der Waals surface area contributed by atoms with Crippen LogP contribution in [0.2, 0.25) is 5.02 Å². The molecule has 0 aromatic heterocycles. The zero-order valence-corrected chi connectivity index (χ0v) is 14.6. The van der Waals surface area contributed by atoms with Crippen LogP contribution in [0.1, 0.15) is 15.9 Å². The van der Waals surface area contributed by atoms with Crippen molar-refractivity contribution in [3.63, 3.8) is 0 Å². The fraction of sp³-hybridized carbons (Fsp3) is 0.278. The minimum Gasteiger partial charge on any atom is -0.457 e. The molecule has 1 aliphatic heterocycles. The van der Waals surface area contributed by atoms with E-state index in [1.54, 1.807) is 30.3 Å². The summed E-state index contributed by atoms with van der Waals surface area (Å²) in [7, 11) is 0. The highest BCUT2D eigenvalue weighted by Crippen LogP contribution is 2.30. The molecular weight excluding hydrogens is 360 g/mol.